The number of rotatable bonds is 0. The summed E-state index contributed by atoms with van der Waals surface area (Å²) in [6.45, 7) is 0. The third-order valence-electron chi connectivity index (χ3n) is 1.71. The summed E-state index contributed by atoms with van der Waals surface area (Å²) in [4.78, 5) is 0. The van der Waals surface area contributed by atoms with E-state index in [1.165, 1.54) is 12.8 Å². The summed E-state index contributed by atoms with van der Waals surface area (Å²) in [5.41, 5.74) is 11.2. The first-order chi connectivity index (χ1) is 5.22. The molecule has 0 unspecified atom stereocenters. The molecule has 1 rings (SSSR count). The number of nitrogens with two attached hydrogens (primary N) is 2. The van der Waals surface area contributed by atoms with Crippen LogP contribution in [-0.4, -0.2) is 6.04 Å². The number of halogens is 2. The first-order valence-corrected chi connectivity index (χ1v) is 9.04. The van der Waals surface area contributed by atoms with Crippen LogP contribution in [0.25, 0.3) is 0 Å². The topological polar surface area (TPSA) is 52.0 Å². The van der Waals surface area contributed by atoms with Crippen LogP contribution in [0.15, 0.2) is 0 Å². The van der Waals surface area contributed by atoms with Gasteiger partial charge >= 0.3 is 35.3 Å². The van der Waals surface area contributed by atoms with Gasteiger partial charge in [-0.15, -0.1) is 6.04 Å². The standard InChI is InChI=1S/C6H13N2.2ClH.Pt/c7-5-3-1-2-4-6(5)8;;;/h5H,1-4,7-8H2;2*1H;/q-1;;;+2/p-2/t5-;;;/m0.../s1. The third-order valence-corrected chi connectivity index (χ3v) is 1.71. The van der Waals surface area contributed by atoms with Gasteiger partial charge in [-0.05, 0) is 0 Å². The molecule has 11 heavy (non-hydrogen) atoms. The molecule has 0 radical (unpaired) electrons. The fourth-order valence-electron chi connectivity index (χ4n) is 1.06. The van der Waals surface area contributed by atoms with E-state index < -0.39 is 16.5 Å². The molecule has 0 bridgehead atoms. The molecule has 1 aliphatic carbocycles. The van der Waals surface area contributed by atoms with Gasteiger partial charge in [-0.25, -0.2) is 6.04 Å². The van der Waals surface area contributed by atoms with E-state index in [4.69, 9.17) is 30.3 Å². The van der Waals surface area contributed by atoms with Gasteiger partial charge in [0.05, 0.1) is 0 Å². The van der Waals surface area contributed by atoms with Gasteiger partial charge in [-0.2, -0.15) is 6.42 Å². The van der Waals surface area contributed by atoms with Crippen LogP contribution in [0, 0.1) is 6.04 Å². The van der Waals surface area contributed by atoms with Crippen LogP contribution in [-0.2, 0) is 16.5 Å². The Hall–Kier alpha value is 1.19. The monoisotopic (exact) mass is 378 g/mol. The van der Waals surface area contributed by atoms with Crippen LogP contribution in [0.1, 0.15) is 25.7 Å². The Morgan fingerprint density at radius 1 is 1.36 bits per heavy atom. The first-order valence-electron chi connectivity index (χ1n) is 3.41. The zero-order valence-electron chi connectivity index (χ0n) is 6.13. The molecule has 0 aromatic carbocycles. The van der Waals surface area contributed by atoms with Crippen molar-refractivity contribution in [2.45, 2.75) is 31.7 Å². The Labute approximate surface area is 84.4 Å². The van der Waals surface area contributed by atoms with Crippen molar-refractivity contribution >= 4 is 18.8 Å². The number of hydrogen-bond donors (Lipinski definition) is 2. The molecule has 1 atom stereocenters. The molecule has 0 aromatic heterocycles. The Kier molecular flexibility index (Phi) is 8.66. The summed E-state index contributed by atoms with van der Waals surface area (Å²) < 4.78 is 0. The zero-order valence-corrected chi connectivity index (χ0v) is 9.92. The van der Waals surface area contributed by atoms with Gasteiger partial charge in [0, 0.05) is 0 Å². The molecule has 1 fully saturated rings. The molecule has 5 heteroatoms. The molecule has 0 amide bonds. The summed E-state index contributed by atoms with van der Waals surface area (Å²) in [6, 6.07) is 1.19. The van der Waals surface area contributed by atoms with Crippen LogP contribution in [0.5, 0.6) is 0 Å². The van der Waals surface area contributed by atoms with Crippen molar-refractivity contribution < 1.29 is 16.5 Å². The molecule has 72 valence electrons. The summed E-state index contributed by atoms with van der Waals surface area (Å²) >= 11 is -0.472. The van der Waals surface area contributed by atoms with E-state index in [0.29, 0.717) is 0 Å². The van der Waals surface area contributed by atoms with Crippen molar-refractivity contribution in [3.8, 4) is 0 Å². The normalized spacial score (nSPS) is 26.0. The Bertz CT molecular complexity index is 84.7. The average Bonchev–Trinajstić information content (AvgIpc) is 1.97. The van der Waals surface area contributed by atoms with E-state index in [1.54, 1.807) is 0 Å². The predicted octanol–water partition coefficient (Wildman–Crippen LogP) is 1.75. The second-order valence-corrected chi connectivity index (χ2v) is 5.76. The van der Waals surface area contributed by atoms with Crippen molar-refractivity contribution in [1.29, 1.82) is 0 Å². The molecule has 4 N–H and O–H groups in total. The molecule has 0 aliphatic heterocycles. The third kappa shape index (κ3) is 6.36. The van der Waals surface area contributed by atoms with E-state index >= 15 is 0 Å². The first kappa shape index (κ1) is 12.2. The molecular formula is C6H13Cl2N2Pt-. The van der Waals surface area contributed by atoms with Gasteiger partial charge < -0.3 is 11.5 Å². The van der Waals surface area contributed by atoms with Crippen LogP contribution >= 0.6 is 18.8 Å². The molecule has 1 saturated carbocycles. The maximum absolute atomic E-state index is 5.62. The van der Waals surface area contributed by atoms with Crippen molar-refractivity contribution in [3.05, 3.63) is 6.04 Å². The quantitative estimate of drug-likeness (QED) is 0.631. The van der Waals surface area contributed by atoms with E-state index in [-0.39, 0.29) is 6.04 Å². The van der Waals surface area contributed by atoms with E-state index in [0.717, 1.165) is 18.9 Å². The maximum atomic E-state index is 5.62. The predicted molar refractivity (Wildman–Crippen MR) is 45.6 cm³/mol. The fraction of sp³-hybridized carbons (Fsp3) is 0.833. The molecular weight excluding hydrogens is 366 g/mol. The van der Waals surface area contributed by atoms with E-state index in [2.05, 4.69) is 0 Å². The summed E-state index contributed by atoms with van der Waals surface area (Å²) in [7, 11) is 9.75. The van der Waals surface area contributed by atoms with Crippen molar-refractivity contribution in [2.24, 2.45) is 11.5 Å². The van der Waals surface area contributed by atoms with Crippen LogP contribution < -0.4 is 11.5 Å². The second-order valence-electron chi connectivity index (χ2n) is 2.47. The molecule has 2 nitrogen and oxygen atoms in total. The Morgan fingerprint density at radius 3 is 2.18 bits per heavy atom. The van der Waals surface area contributed by atoms with Gasteiger partial charge in [0.2, 0.25) is 0 Å². The molecule has 0 aromatic rings. The van der Waals surface area contributed by atoms with Gasteiger partial charge in [0.1, 0.15) is 0 Å². The fourth-order valence-corrected chi connectivity index (χ4v) is 1.06. The van der Waals surface area contributed by atoms with E-state index in [1.807, 2.05) is 0 Å². The Balaban J connectivity index is 0.000000292. The van der Waals surface area contributed by atoms with E-state index in [9.17, 15) is 0 Å². The summed E-state index contributed by atoms with van der Waals surface area (Å²) in [5, 5.41) is 0. The van der Waals surface area contributed by atoms with Crippen LogP contribution in [0.4, 0.5) is 0 Å². The average molecular weight is 379 g/mol. The molecule has 0 saturated heterocycles. The van der Waals surface area contributed by atoms with Crippen molar-refractivity contribution in [2.75, 3.05) is 0 Å². The zero-order chi connectivity index (χ0) is 8.69. The van der Waals surface area contributed by atoms with Crippen molar-refractivity contribution in [3.63, 3.8) is 0 Å². The minimum atomic E-state index is -0.472. The molecule has 0 heterocycles. The van der Waals surface area contributed by atoms with Gasteiger partial charge in [-0.3, -0.25) is 0 Å². The SMILES string of the molecule is N[C-]1CCCC[C@@H]1N.[Cl][Pt][Cl]. The second kappa shape index (κ2) is 7.82. The van der Waals surface area contributed by atoms with Crippen molar-refractivity contribution in [1.82, 2.24) is 0 Å². The Morgan fingerprint density at radius 2 is 1.91 bits per heavy atom. The summed E-state index contributed by atoms with van der Waals surface area (Å²) in [6.07, 6.45) is 4.62. The molecule has 1 aliphatic rings. The van der Waals surface area contributed by atoms with Gasteiger partial charge in [0.15, 0.2) is 0 Å². The van der Waals surface area contributed by atoms with Crippen LogP contribution in [0.3, 0.4) is 0 Å². The van der Waals surface area contributed by atoms with Gasteiger partial charge in [-0.1, -0.05) is 19.3 Å². The molecule has 0 spiro atoms. The summed E-state index contributed by atoms with van der Waals surface area (Å²) in [5.74, 6) is 0. The van der Waals surface area contributed by atoms with Gasteiger partial charge in [0.25, 0.3) is 0 Å². The minimum absolute atomic E-state index is 0.198. The number of hydrogen-bond acceptors (Lipinski definition) is 2. The van der Waals surface area contributed by atoms with Crippen LogP contribution in [0.2, 0.25) is 0 Å².